The van der Waals surface area contributed by atoms with Gasteiger partial charge in [-0.05, 0) is 13.0 Å². The SMILES string of the molecule is CCCC(N)=NCC1CN(CC)CCO1. The van der Waals surface area contributed by atoms with Crippen molar-refractivity contribution in [2.24, 2.45) is 10.7 Å². The summed E-state index contributed by atoms with van der Waals surface area (Å²) in [7, 11) is 0. The van der Waals surface area contributed by atoms with Gasteiger partial charge in [0.2, 0.25) is 0 Å². The van der Waals surface area contributed by atoms with Gasteiger partial charge in [-0.3, -0.25) is 9.89 Å². The molecule has 15 heavy (non-hydrogen) atoms. The number of hydrogen-bond donors (Lipinski definition) is 1. The van der Waals surface area contributed by atoms with E-state index in [0.29, 0.717) is 6.54 Å². The average Bonchev–Trinajstić information content (AvgIpc) is 2.27. The van der Waals surface area contributed by atoms with E-state index < -0.39 is 0 Å². The molecule has 1 unspecified atom stereocenters. The zero-order valence-electron chi connectivity index (χ0n) is 9.91. The van der Waals surface area contributed by atoms with Crippen LogP contribution < -0.4 is 5.73 Å². The van der Waals surface area contributed by atoms with Crippen molar-refractivity contribution < 1.29 is 4.74 Å². The van der Waals surface area contributed by atoms with Crippen LogP contribution in [0.4, 0.5) is 0 Å². The maximum atomic E-state index is 5.75. The van der Waals surface area contributed by atoms with Crippen LogP contribution in [0.15, 0.2) is 4.99 Å². The van der Waals surface area contributed by atoms with E-state index in [-0.39, 0.29) is 6.10 Å². The molecule has 4 heteroatoms. The second-order valence-corrected chi connectivity index (χ2v) is 3.97. The van der Waals surface area contributed by atoms with Crippen LogP contribution >= 0.6 is 0 Å². The average molecular weight is 213 g/mol. The van der Waals surface area contributed by atoms with Crippen molar-refractivity contribution in [3.63, 3.8) is 0 Å². The third-order valence-corrected chi connectivity index (χ3v) is 2.67. The van der Waals surface area contributed by atoms with E-state index in [4.69, 9.17) is 10.5 Å². The van der Waals surface area contributed by atoms with E-state index in [9.17, 15) is 0 Å². The Kier molecular flexibility index (Phi) is 5.65. The molecule has 2 N–H and O–H groups in total. The number of amidine groups is 1. The summed E-state index contributed by atoms with van der Waals surface area (Å²) in [6.07, 6.45) is 2.18. The fourth-order valence-corrected chi connectivity index (χ4v) is 1.73. The topological polar surface area (TPSA) is 50.8 Å². The summed E-state index contributed by atoms with van der Waals surface area (Å²) in [6.45, 7) is 8.94. The van der Waals surface area contributed by atoms with Gasteiger partial charge < -0.3 is 10.5 Å². The molecule has 0 aromatic rings. The minimum absolute atomic E-state index is 0.231. The van der Waals surface area contributed by atoms with Crippen LogP contribution in [0, 0.1) is 0 Å². The summed E-state index contributed by atoms with van der Waals surface area (Å²) in [5.41, 5.74) is 5.75. The molecule has 0 bridgehead atoms. The van der Waals surface area contributed by atoms with E-state index in [1.165, 1.54) is 0 Å². The smallest absolute Gasteiger partial charge is 0.0938 e. The molecule has 0 aromatic heterocycles. The van der Waals surface area contributed by atoms with E-state index in [1.54, 1.807) is 0 Å². The summed E-state index contributed by atoms with van der Waals surface area (Å²) in [5.74, 6) is 0.759. The van der Waals surface area contributed by atoms with Crippen LogP contribution in [0.25, 0.3) is 0 Å². The quantitative estimate of drug-likeness (QED) is 0.544. The molecular formula is C11H23N3O. The number of hydrogen-bond acceptors (Lipinski definition) is 3. The molecular weight excluding hydrogens is 190 g/mol. The van der Waals surface area contributed by atoms with Crippen molar-refractivity contribution in [2.75, 3.05) is 32.8 Å². The lowest BCUT2D eigenvalue weighted by Gasteiger charge is -2.31. The second kappa shape index (κ2) is 6.80. The van der Waals surface area contributed by atoms with Crippen molar-refractivity contribution >= 4 is 5.84 Å². The van der Waals surface area contributed by atoms with E-state index in [0.717, 1.165) is 44.9 Å². The van der Waals surface area contributed by atoms with E-state index in [2.05, 4.69) is 23.7 Å². The second-order valence-electron chi connectivity index (χ2n) is 3.97. The Hall–Kier alpha value is -0.610. The van der Waals surface area contributed by atoms with Crippen LogP contribution in [0.1, 0.15) is 26.7 Å². The molecule has 1 aliphatic rings. The van der Waals surface area contributed by atoms with Gasteiger partial charge in [-0.2, -0.15) is 0 Å². The highest BCUT2D eigenvalue weighted by Crippen LogP contribution is 2.05. The molecule has 1 atom stereocenters. The summed E-state index contributed by atoms with van der Waals surface area (Å²) in [4.78, 5) is 6.74. The molecule has 0 aliphatic carbocycles. The molecule has 1 aliphatic heterocycles. The van der Waals surface area contributed by atoms with Gasteiger partial charge in [0.25, 0.3) is 0 Å². The Morgan fingerprint density at radius 1 is 1.53 bits per heavy atom. The van der Waals surface area contributed by atoms with Gasteiger partial charge >= 0.3 is 0 Å². The first-order valence-corrected chi connectivity index (χ1v) is 5.89. The third kappa shape index (κ3) is 4.62. The predicted octanol–water partition coefficient (Wildman–Crippen LogP) is 0.864. The monoisotopic (exact) mass is 213 g/mol. The van der Waals surface area contributed by atoms with Crippen molar-refractivity contribution in [3.05, 3.63) is 0 Å². The standard InChI is InChI=1S/C11H23N3O/c1-3-5-11(12)13-8-10-9-14(4-2)6-7-15-10/h10H,3-9H2,1-2H3,(H2,12,13). The van der Waals surface area contributed by atoms with Crippen molar-refractivity contribution in [1.29, 1.82) is 0 Å². The first kappa shape index (κ1) is 12.5. The van der Waals surface area contributed by atoms with Crippen LogP contribution in [-0.2, 0) is 4.74 Å². The fraction of sp³-hybridized carbons (Fsp3) is 0.909. The van der Waals surface area contributed by atoms with Crippen molar-refractivity contribution in [1.82, 2.24) is 4.90 Å². The Labute approximate surface area is 92.5 Å². The van der Waals surface area contributed by atoms with Gasteiger partial charge in [0.05, 0.1) is 25.1 Å². The minimum Gasteiger partial charge on any atom is -0.387 e. The van der Waals surface area contributed by atoms with Gasteiger partial charge in [0, 0.05) is 19.5 Å². The molecule has 4 nitrogen and oxygen atoms in total. The summed E-state index contributed by atoms with van der Waals surface area (Å²) < 4.78 is 5.63. The number of ether oxygens (including phenoxy) is 1. The Morgan fingerprint density at radius 3 is 3.00 bits per heavy atom. The third-order valence-electron chi connectivity index (χ3n) is 2.67. The molecule has 0 radical (unpaired) electrons. The lowest BCUT2D eigenvalue weighted by atomic mass is 10.2. The van der Waals surface area contributed by atoms with Gasteiger partial charge in [-0.1, -0.05) is 13.8 Å². The molecule has 1 fully saturated rings. The maximum Gasteiger partial charge on any atom is 0.0938 e. The number of morpholine rings is 1. The molecule has 0 amide bonds. The molecule has 1 heterocycles. The predicted molar refractivity (Wildman–Crippen MR) is 63.3 cm³/mol. The highest BCUT2D eigenvalue weighted by molar-refractivity contribution is 5.80. The number of aliphatic imine (C=N–C) groups is 1. The molecule has 0 aromatic carbocycles. The van der Waals surface area contributed by atoms with Crippen LogP contribution in [0.2, 0.25) is 0 Å². The van der Waals surface area contributed by atoms with Gasteiger partial charge in [0.15, 0.2) is 0 Å². The lowest BCUT2D eigenvalue weighted by molar-refractivity contribution is -0.0209. The largest absolute Gasteiger partial charge is 0.387 e. The Bertz CT molecular complexity index is 206. The normalized spacial score (nSPS) is 24.4. The van der Waals surface area contributed by atoms with Gasteiger partial charge in [-0.15, -0.1) is 0 Å². The fourth-order valence-electron chi connectivity index (χ4n) is 1.73. The molecule has 1 saturated heterocycles. The van der Waals surface area contributed by atoms with Gasteiger partial charge in [0.1, 0.15) is 0 Å². The summed E-state index contributed by atoms with van der Waals surface area (Å²) in [6, 6.07) is 0. The first-order chi connectivity index (χ1) is 7.26. The molecule has 88 valence electrons. The number of nitrogens with two attached hydrogens (primary N) is 1. The van der Waals surface area contributed by atoms with Crippen LogP contribution in [0.3, 0.4) is 0 Å². The molecule has 0 spiro atoms. The van der Waals surface area contributed by atoms with Gasteiger partial charge in [-0.25, -0.2) is 0 Å². The highest BCUT2D eigenvalue weighted by atomic mass is 16.5. The minimum atomic E-state index is 0.231. The first-order valence-electron chi connectivity index (χ1n) is 5.89. The number of rotatable bonds is 5. The zero-order valence-corrected chi connectivity index (χ0v) is 9.91. The summed E-state index contributed by atoms with van der Waals surface area (Å²) in [5, 5.41) is 0. The van der Waals surface area contributed by atoms with E-state index in [1.807, 2.05) is 0 Å². The Balaban J connectivity index is 2.28. The molecule has 1 rings (SSSR count). The van der Waals surface area contributed by atoms with Crippen molar-refractivity contribution in [3.8, 4) is 0 Å². The van der Waals surface area contributed by atoms with Crippen molar-refractivity contribution in [2.45, 2.75) is 32.8 Å². The highest BCUT2D eigenvalue weighted by Gasteiger charge is 2.18. The molecule has 0 saturated carbocycles. The maximum absolute atomic E-state index is 5.75. The lowest BCUT2D eigenvalue weighted by Crippen LogP contribution is -2.43. The van der Waals surface area contributed by atoms with Crippen LogP contribution in [-0.4, -0.2) is 49.6 Å². The zero-order chi connectivity index (χ0) is 11.1. The van der Waals surface area contributed by atoms with Crippen LogP contribution in [0.5, 0.6) is 0 Å². The summed E-state index contributed by atoms with van der Waals surface area (Å²) >= 11 is 0. The number of nitrogens with zero attached hydrogens (tertiary/aromatic N) is 2. The number of likely N-dealkylation sites (N-methyl/N-ethyl adjacent to an activating group) is 1. The van der Waals surface area contributed by atoms with E-state index >= 15 is 0 Å². The Morgan fingerprint density at radius 2 is 2.33 bits per heavy atom.